The second-order valence-corrected chi connectivity index (χ2v) is 9.23. The van der Waals surface area contributed by atoms with E-state index in [1.807, 2.05) is 0 Å². The Labute approximate surface area is 153 Å². The van der Waals surface area contributed by atoms with Gasteiger partial charge in [-0.15, -0.1) is 0 Å². The highest BCUT2D eigenvalue weighted by Gasteiger charge is 2.33. The lowest BCUT2D eigenvalue weighted by atomic mass is 9.69. The summed E-state index contributed by atoms with van der Waals surface area (Å²) in [6.45, 7) is 2.59. The Bertz CT molecular complexity index is 399. The molecule has 3 aliphatic rings. The van der Waals surface area contributed by atoms with Crippen molar-refractivity contribution in [2.45, 2.75) is 96.5 Å². The Morgan fingerprint density at radius 1 is 0.880 bits per heavy atom. The minimum absolute atomic E-state index is 0.0504. The van der Waals surface area contributed by atoms with Crippen LogP contribution in [0, 0.1) is 29.6 Å². The monoisotopic (exact) mass is 350 g/mol. The molecule has 25 heavy (non-hydrogen) atoms. The molecule has 3 saturated carbocycles. The summed E-state index contributed by atoms with van der Waals surface area (Å²) in [7, 11) is 0. The molecule has 1 unspecified atom stereocenters. The highest BCUT2D eigenvalue weighted by Crippen LogP contribution is 2.41. The van der Waals surface area contributed by atoms with Gasteiger partial charge in [0.05, 0.1) is 12.0 Å². The summed E-state index contributed by atoms with van der Waals surface area (Å²) in [5.74, 6) is 3.03. The van der Waals surface area contributed by atoms with Gasteiger partial charge in [0.15, 0.2) is 0 Å². The summed E-state index contributed by atoms with van der Waals surface area (Å²) in [6, 6.07) is 0. The van der Waals surface area contributed by atoms with Crippen molar-refractivity contribution in [2.24, 2.45) is 29.6 Å². The van der Waals surface area contributed by atoms with Gasteiger partial charge in [-0.05, 0) is 75.0 Å². The Hall–Kier alpha value is -0.570. The van der Waals surface area contributed by atoms with Crippen molar-refractivity contribution >= 4 is 5.97 Å². The van der Waals surface area contributed by atoms with Gasteiger partial charge in [-0.25, -0.2) is 0 Å². The molecule has 0 spiro atoms. The van der Waals surface area contributed by atoms with Crippen LogP contribution >= 0.6 is 0 Å². The van der Waals surface area contributed by atoms with Crippen LogP contribution in [0.3, 0.4) is 0 Å². The van der Waals surface area contributed by atoms with Crippen molar-refractivity contribution in [2.75, 3.05) is 6.61 Å². The van der Waals surface area contributed by atoms with Gasteiger partial charge in [-0.1, -0.05) is 39.0 Å². The third-order valence-corrected chi connectivity index (χ3v) is 7.42. The normalized spacial score (nSPS) is 35.9. The minimum atomic E-state index is -0.454. The summed E-state index contributed by atoms with van der Waals surface area (Å²) in [4.78, 5) is 12.4. The molecule has 0 saturated heterocycles. The molecule has 0 aromatic rings. The molecule has 3 rings (SSSR count). The molecular formula is C22H38O3. The van der Waals surface area contributed by atoms with Gasteiger partial charge in [-0.3, -0.25) is 4.79 Å². The molecule has 0 amide bonds. The predicted molar refractivity (Wildman–Crippen MR) is 100 cm³/mol. The molecule has 0 bridgehead atoms. The maximum absolute atomic E-state index is 12.4. The van der Waals surface area contributed by atoms with Crippen LogP contribution in [0.4, 0.5) is 0 Å². The summed E-state index contributed by atoms with van der Waals surface area (Å²) < 4.78 is 5.50. The van der Waals surface area contributed by atoms with E-state index in [2.05, 4.69) is 6.92 Å². The van der Waals surface area contributed by atoms with Crippen LogP contribution in [0.25, 0.3) is 0 Å². The van der Waals surface area contributed by atoms with Crippen molar-refractivity contribution in [3.8, 4) is 0 Å². The zero-order valence-electron chi connectivity index (χ0n) is 16.1. The molecule has 1 N–H and O–H groups in total. The van der Waals surface area contributed by atoms with Crippen LogP contribution < -0.4 is 0 Å². The van der Waals surface area contributed by atoms with E-state index < -0.39 is 6.10 Å². The van der Waals surface area contributed by atoms with E-state index >= 15 is 0 Å². The quantitative estimate of drug-likeness (QED) is 0.701. The standard InChI is InChI=1S/C22H38O3/c1-16-7-9-17(10-8-16)18-11-13-20(14-12-18)22(24)25-15-21(23)19-5-3-2-4-6-19/h16-21,23H,2-15H2,1H3. The van der Waals surface area contributed by atoms with Gasteiger partial charge < -0.3 is 9.84 Å². The first-order valence-corrected chi connectivity index (χ1v) is 11.0. The average molecular weight is 351 g/mol. The first-order chi connectivity index (χ1) is 12.1. The van der Waals surface area contributed by atoms with E-state index in [0.717, 1.165) is 43.4 Å². The Kier molecular flexibility index (Phi) is 7.21. The van der Waals surface area contributed by atoms with E-state index in [9.17, 15) is 9.90 Å². The average Bonchev–Trinajstić information content (AvgIpc) is 2.67. The van der Waals surface area contributed by atoms with Gasteiger partial charge in [0.2, 0.25) is 0 Å². The third kappa shape index (κ3) is 5.45. The molecular weight excluding hydrogens is 312 g/mol. The number of carbonyl (C=O) groups excluding carboxylic acids is 1. The van der Waals surface area contributed by atoms with Crippen molar-refractivity contribution in [1.29, 1.82) is 0 Å². The highest BCUT2D eigenvalue weighted by atomic mass is 16.5. The predicted octanol–water partition coefficient (Wildman–Crippen LogP) is 5.10. The number of esters is 1. The number of ether oxygens (including phenoxy) is 1. The number of hydrogen-bond donors (Lipinski definition) is 1. The maximum Gasteiger partial charge on any atom is 0.309 e. The Morgan fingerprint density at radius 3 is 2.04 bits per heavy atom. The van der Waals surface area contributed by atoms with Gasteiger partial charge in [0, 0.05) is 0 Å². The highest BCUT2D eigenvalue weighted by molar-refractivity contribution is 5.72. The van der Waals surface area contributed by atoms with Crippen LogP contribution in [0.5, 0.6) is 0 Å². The smallest absolute Gasteiger partial charge is 0.309 e. The van der Waals surface area contributed by atoms with Crippen molar-refractivity contribution < 1.29 is 14.6 Å². The second-order valence-electron chi connectivity index (χ2n) is 9.23. The van der Waals surface area contributed by atoms with E-state index in [4.69, 9.17) is 4.74 Å². The summed E-state index contributed by atoms with van der Waals surface area (Å²) >= 11 is 0. The fourth-order valence-corrected chi connectivity index (χ4v) is 5.52. The van der Waals surface area contributed by atoms with E-state index in [1.165, 1.54) is 57.8 Å². The molecule has 0 radical (unpaired) electrons. The molecule has 3 heteroatoms. The fraction of sp³-hybridized carbons (Fsp3) is 0.955. The SMILES string of the molecule is CC1CCC(C2CCC(C(=O)OCC(O)C3CCCCC3)CC2)CC1. The van der Waals surface area contributed by atoms with Crippen molar-refractivity contribution in [1.82, 2.24) is 0 Å². The number of rotatable bonds is 5. The molecule has 1 atom stereocenters. The Balaban J connectivity index is 1.35. The van der Waals surface area contributed by atoms with Crippen LogP contribution in [-0.2, 0) is 9.53 Å². The molecule has 144 valence electrons. The third-order valence-electron chi connectivity index (χ3n) is 7.42. The van der Waals surface area contributed by atoms with Gasteiger partial charge >= 0.3 is 5.97 Å². The van der Waals surface area contributed by atoms with Crippen LogP contribution in [0.15, 0.2) is 0 Å². The largest absolute Gasteiger partial charge is 0.463 e. The number of aliphatic hydroxyl groups excluding tert-OH is 1. The molecule has 3 aliphatic carbocycles. The van der Waals surface area contributed by atoms with Crippen molar-refractivity contribution in [3.63, 3.8) is 0 Å². The number of carbonyl (C=O) groups is 1. The van der Waals surface area contributed by atoms with Crippen LogP contribution in [-0.4, -0.2) is 23.8 Å². The lowest BCUT2D eigenvalue weighted by Gasteiger charge is -2.36. The second kappa shape index (κ2) is 9.39. The minimum Gasteiger partial charge on any atom is -0.463 e. The maximum atomic E-state index is 12.4. The summed E-state index contributed by atoms with van der Waals surface area (Å²) in [5, 5.41) is 10.3. The first-order valence-electron chi connectivity index (χ1n) is 11.0. The zero-order valence-corrected chi connectivity index (χ0v) is 16.1. The Morgan fingerprint density at radius 2 is 1.44 bits per heavy atom. The van der Waals surface area contributed by atoms with Gasteiger partial charge in [0.1, 0.15) is 6.61 Å². The van der Waals surface area contributed by atoms with E-state index in [0.29, 0.717) is 5.92 Å². The lowest BCUT2D eigenvalue weighted by Crippen LogP contribution is -2.32. The zero-order chi connectivity index (χ0) is 17.6. The fourth-order valence-electron chi connectivity index (χ4n) is 5.52. The number of aliphatic hydroxyl groups is 1. The number of hydrogen-bond acceptors (Lipinski definition) is 3. The molecule has 0 aromatic carbocycles. The van der Waals surface area contributed by atoms with Crippen LogP contribution in [0.2, 0.25) is 0 Å². The molecule has 0 aromatic heterocycles. The first kappa shape index (κ1) is 19.2. The molecule has 0 aliphatic heterocycles. The van der Waals surface area contributed by atoms with Gasteiger partial charge in [-0.2, -0.15) is 0 Å². The van der Waals surface area contributed by atoms with Crippen LogP contribution in [0.1, 0.15) is 90.4 Å². The molecule has 3 nitrogen and oxygen atoms in total. The molecule has 3 fully saturated rings. The van der Waals surface area contributed by atoms with Gasteiger partial charge in [0.25, 0.3) is 0 Å². The topological polar surface area (TPSA) is 46.5 Å². The lowest BCUT2D eigenvalue weighted by molar-refractivity contribution is -0.154. The molecule has 0 heterocycles. The van der Waals surface area contributed by atoms with E-state index in [-0.39, 0.29) is 18.5 Å². The van der Waals surface area contributed by atoms with E-state index in [1.54, 1.807) is 0 Å². The summed E-state index contributed by atoms with van der Waals surface area (Å²) in [5.41, 5.74) is 0. The summed E-state index contributed by atoms with van der Waals surface area (Å²) in [6.07, 6.45) is 15.4. The van der Waals surface area contributed by atoms with Crippen molar-refractivity contribution in [3.05, 3.63) is 0 Å².